The van der Waals surface area contributed by atoms with Crippen molar-refractivity contribution in [2.45, 2.75) is 38.5 Å². The molecule has 6 heteroatoms. The van der Waals surface area contributed by atoms with E-state index < -0.39 is 11.9 Å². The van der Waals surface area contributed by atoms with Crippen LogP contribution in [0.2, 0.25) is 0 Å². The summed E-state index contributed by atoms with van der Waals surface area (Å²) in [6.07, 6.45) is 5.97. The molecular weight excluding hydrogens is 308 g/mol. The molecule has 2 N–H and O–H groups in total. The Labute approximate surface area is 139 Å². The lowest BCUT2D eigenvalue weighted by atomic mass is 9.92. The Morgan fingerprint density at radius 1 is 1.17 bits per heavy atom. The number of carboxylic acid groups (broad SMARTS) is 1. The summed E-state index contributed by atoms with van der Waals surface area (Å²) in [4.78, 5) is 41.1. The Kier molecular flexibility index (Phi) is 3.70. The van der Waals surface area contributed by atoms with Crippen molar-refractivity contribution in [1.82, 2.24) is 9.88 Å². The number of aromatic nitrogens is 1. The number of carbonyl (C=O) groups excluding carboxylic acids is 1. The van der Waals surface area contributed by atoms with Crippen molar-refractivity contribution in [3.8, 4) is 0 Å². The van der Waals surface area contributed by atoms with Crippen molar-refractivity contribution in [2.24, 2.45) is 17.8 Å². The van der Waals surface area contributed by atoms with E-state index in [4.69, 9.17) is 0 Å². The second kappa shape index (κ2) is 5.76. The molecule has 2 atom stereocenters. The second-order valence-electron chi connectivity index (χ2n) is 7.38. The van der Waals surface area contributed by atoms with Crippen molar-refractivity contribution in [3.05, 3.63) is 33.2 Å². The van der Waals surface area contributed by atoms with Gasteiger partial charge in [-0.1, -0.05) is 0 Å². The number of aryl methyl sites for hydroxylation is 2. The number of nitrogens with one attached hydrogen (secondary N) is 1. The molecule has 128 valence electrons. The molecule has 2 fully saturated rings. The maximum absolute atomic E-state index is 12.8. The zero-order valence-corrected chi connectivity index (χ0v) is 13.6. The highest BCUT2D eigenvalue weighted by Crippen LogP contribution is 2.44. The van der Waals surface area contributed by atoms with E-state index in [2.05, 4.69) is 4.98 Å². The predicted molar refractivity (Wildman–Crippen MR) is 86.9 cm³/mol. The van der Waals surface area contributed by atoms with Crippen molar-refractivity contribution in [3.63, 3.8) is 0 Å². The van der Waals surface area contributed by atoms with Crippen LogP contribution in [0.5, 0.6) is 0 Å². The molecule has 4 rings (SSSR count). The van der Waals surface area contributed by atoms with Crippen LogP contribution in [-0.4, -0.2) is 40.0 Å². The van der Waals surface area contributed by atoms with Gasteiger partial charge in [0.1, 0.15) is 5.56 Å². The minimum atomic E-state index is -0.832. The lowest BCUT2D eigenvalue weighted by Crippen LogP contribution is -2.34. The standard InChI is InChI=1S/C18H22N2O4/c21-16-12(7-11-3-1-2-4-15(11)19-16)17(22)20-8-13(10-5-6-10)14(9-20)18(23)24/h7,10,13-14H,1-6,8-9H2,(H,19,21)(H,23,24)/t13-,14+/m1/s1. The van der Waals surface area contributed by atoms with Crippen LogP contribution in [0.25, 0.3) is 0 Å². The number of pyridine rings is 1. The van der Waals surface area contributed by atoms with Gasteiger partial charge in [0.25, 0.3) is 11.5 Å². The number of carboxylic acids is 1. The van der Waals surface area contributed by atoms with Gasteiger partial charge in [0.05, 0.1) is 5.92 Å². The number of carbonyl (C=O) groups is 2. The van der Waals surface area contributed by atoms with E-state index in [1.165, 1.54) is 0 Å². The second-order valence-corrected chi connectivity index (χ2v) is 7.38. The predicted octanol–water partition coefficient (Wildman–Crippen LogP) is 1.44. The highest BCUT2D eigenvalue weighted by Gasteiger charge is 2.47. The van der Waals surface area contributed by atoms with Gasteiger partial charge >= 0.3 is 5.97 Å². The molecule has 3 aliphatic rings. The fraction of sp³-hybridized carbons (Fsp3) is 0.611. The molecule has 1 aliphatic heterocycles. The van der Waals surface area contributed by atoms with E-state index in [9.17, 15) is 19.5 Å². The first-order valence-corrected chi connectivity index (χ1v) is 8.81. The molecular formula is C18H22N2O4. The van der Waals surface area contributed by atoms with Crippen LogP contribution in [0.4, 0.5) is 0 Å². The quantitative estimate of drug-likeness (QED) is 0.877. The van der Waals surface area contributed by atoms with Crippen LogP contribution in [0.1, 0.15) is 47.3 Å². The molecule has 0 radical (unpaired) electrons. The van der Waals surface area contributed by atoms with E-state index in [-0.39, 0.29) is 29.5 Å². The minimum absolute atomic E-state index is 0.0307. The van der Waals surface area contributed by atoms with Gasteiger partial charge in [-0.05, 0) is 62.0 Å². The number of hydrogen-bond donors (Lipinski definition) is 2. The normalized spacial score (nSPS) is 26.2. The first-order chi connectivity index (χ1) is 11.5. The molecule has 0 unspecified atom stereocenters. The minimum Gasteiger partial charge on any atom is -0.481 e. The van der Waals surface area contributed by atoms with Gasteiger partial charge < -0.3 is 15.0 Å². The zero-order valence-electron chi connectivity index (χ0n) is 13.6. The fourth-order valence-corrected chi connectivity index (χ4v) is 4.26. The summed E-state index contributed by atoms with van der Waals surface area (Å²) >= 11 is 0. The summed E-state index contributed by atoms with van der Waals surface area (Å²) in [5.74, 6) is -1.20. The Hall–Kier alpha value is -2.11. The molecule has 2 heterocycles. The largest absolute Gasteiger partial charge is 0.481 e. The Morgan fingerprint density at radius 3 is 2.62 bits per heavy atom. The van der Waals surface area contributed by atoms with Crippen LogP contribution >= 0.6 is 0 Å². The van der Waals surface area contributed by atoms with Gasteiger partial charge in [-0.25, -0.2) is 0 Å². The molecule has 1 amide bonds. The summed E-state index contributed by atoms with van der Waals surface area (Å²) in [6.45, 7) is 0.669. The first kappa shape index (κ1) is 15.4. The van der Waals surface area contributed by atoms with E-state index >= 15 is 0 Å². The third-order valence-electron chi connectivity index (χ3n) is 5.77. The average Bonchev–Trinajstić information content (AvgIpc) is 3.31. The number of nitrogens with zero attached hydrogens (tertiary/aromatic N) is 1. The number of fused-ring (bicyclic) bond motifs is 1. The molecule has 2 aliphatic carbocycles. The molecule has 1 aromatic rings. The number of rotatable bonds is 3. The Bertz CT molecular complexity index is 750. The van der Waals surface area contributed by atoms with Crippen LogP contribution in [0, 0.1) is 17.8 Å². The summed E-state index contributed by atoms with van der Waals surface area (Å²) < 4.78 is 0. The highest BCUT2D eigenvalue weighted by atomic mass is 16.4. The molecule has 0 spiro atoms. The SMILES string of the molecule is O=C(O)[C@H]1CN(C(=O)c2cc3c([nH]c2=O)CCCC3)C[C@@H]1C1CC1. The van der Waals surface area contributed by atoms with Gasteiger partial charge in [-0.3, -0.25) is 14.4 Å². The molecule has 0 aromatic carbocycles. The molecule has 1 saturated carbocycles. The van der Waals surface area contributed by atoms with Gasteiger partial charge in [-0.2, -0.15) is 0 Å². The summed E-state index contributed by atoms with van der Waals surface area (Å²) in [6, 6.07) is 1.73. The molecule has 24 heavy (non-hydrogen) atoms. The summed E-state index contributed by atoms with van der Waals surface area (Å²) in [5, 5.41) is 9.44. The van der Waals surface area contributed by atoms with Crippen LogP contribution < -0.4 is 5.56 Å². The molecule has 0 bridgehead atoms. The van der Waals surface area contributed by atoms with Crippen molar-refractivity contribution in [1.29, 1.82) is 0 Å². The smallest absolute Gasteiger partial charge is 0.308 e. The molecule has 6 nitrogen and oxygen atoms in total. The Morgan fingerprint density at radius 2 is 1.92 bits per heavy atom. The number of aliphatic carboxylic acids is 1. The summed E-state index contributed by atoms with van der Waals surface area (Å²) in [5.41, 5.74) is 1.82. The number of hydrogen-bond acceptors (Lipinski definition) is 3. The lowest BCUT2D eigenvalue weighted by molar-refractivity contribution is -0.142. The third kappa shape index (κ3) is 2.64. The number of likely N-dealkylation sites (tertiary alicyclic amines) is 1. The Balaban J connectivity index is 1.60. The van der Waals surface area contributed by atoms with Crippen molar-refractivity contribution >= 4 is 11.9 Å². The van der Waals surface area contributed by atoms with Gasteiger partial charge in [-0.15, -0.1) is 0 Å². The maximum Gasteiger partial charge on any atom is 0.308 e. The topological polar surface area (TPSA) is 90.5 Å². The van der Waals surface area contributed by atoms with Crippen LogP contribution in [0.3, 0.4) is 0 Å². The van der Waals surface area contributed by atoms with Gasteiger partial charge in [0, 0.05) is 18.8 Å². The third-order valence-corrected chi connectivity index (χ3v) is 5.77. The van der Waals surface area contributed by atoms with Crippen LogP contribution in [-0.2, 0) is 17.6 Å². The van der Waals surface area contributed by atoms with Crippen molar-refractivity contribution in [2.75, 3.05) is 13.1 Å². The number of amides is 1. The molecule has 1 aromatic heterocycles. The summed E-state index contributed by atoms with van der Waals surface area (Å²) in [7, 11) is 0. The van der Waals surface area contributed by atoms with Gasteiger partial charge in [0.2, 0.25) is 0 Å². The maximum atomic E-state index is 12.8. The van der Waals surface area contributed by atoms with E-state index in [0.717, 1.165) is 49.8 Å². The molecule has 1 saturated heterocycles. The highest BCUT2D eigenvalue weighted by molar-refractivity contribution is 5.94. The number of aromatic amines is 1. The number of H-pyrrole nitrogens is 1. The average molecular weight is 330 g/mol. The fourth-order valence-electron chi connectivity index (χ4n) is 4.26. The first-order valence-electron chi connectivity index (χ1n) is 8.81. The van der Waals surface area contributed by atoms with E-state index in [0.29, 0.717) is 12.5 Å². The van der Waals surface area contributed by atoms with E-state index in [1.807, 2.05) is 0 Å². The lowest BCUT2D eigenvalue weighted by Gasteiger charge is -2.19. The van der Waals surface area contributed by atoms with Crippen molar-refractivity contribution < 1.29 is 14.7 Å². The van der Waals surface area contributed by atoms with Gasteiger partial charge in [0.15, 0.2) is 0 Å². The van der Waals surface area contributed by atoms with E-state index in [1.54, 1.807) is 11.0 Å². The zero-order chi connectivity index (χ0) is 16.8. The van der Waals surface area contributed by atoms with Crippen LogP contribution in [0.15, 0.2) is 10.9 Å². The monoisotopic (exact) mass is 330 g/mol.